The van der Waals surface area contributed by atoms with Crippen LogP contribution in [0.3, 0.4) is 0 Å². The molecule has 45 nitrogen and oxygen atoms in total. The van der Waals surface area contributed by atoms with Crippen molar-refractivity contribution >= 4 is 11.6 Å². The van der Waals surface area contributed by atoms with Gasteiger partial charge in [-0.15, -0.1) is 0 Å². The minimum Gasteiger partial charge on any atom is -0.507 e. The topological polar surface area (TPSA) is 728 Å². The predicted octanol–water partition coefficient (Wildman–Crippen LogP) is -15.3. The van der Waals surface area contributed by atoms with Crippen molar-refractivity contribution in [2.24, 2.45) is 0 Å². The number of Topliss-reactive ketones (excluding diaryl/α,β-unsaturated/α-hetero) is 1. The molecule has 109 heavy (non-hydrogen) atoms. The van der Waals surface area contributed by atoms with E-state index in [4.69, 9.17) is 75.8 Å². The zero-order valence-electron chi connectivity index (χ0n) is 57.8. The van der Waals surface area contributed by atoms with Crippen LogP contribution < -0.4 is 0 Å². The van der Waals surface area contributed by atoms with Gasteiger partial charge in [-0.05, 0) is 38.5 Å². The zero-order chi connectivity index (χ0) is 79.8. The number of allylic oxidation sites excluding steroid dienone is 2. The van der Waals surface area contributed by atoms with E-state index in [1.807, 2.05) is 13.8 Å². The number of phenolic OH excluding ortho intramolecular Hbond substituents is 2. The summed E-state index contributed by atoms with van der Waals surface area (Å²) < 4.78 is 91.1. The van der Waals surface area contributed by atoms with Gasteiger partial charge in [-0.2, -0.15) is 0 Å². The number of carbonyl (C=O) groups is 2. The second-order valence-electron chi connectivity index (χ2n) is 27.6. The Morgan fingerprint density at radius 1 is 0.312 bits per heavy atom. The summed E-state index contributed by atoms with van der Waals surface area (Å²) in [7, 11) is 0. The molecule has 31 aliphatic rings. The molecule has 0 unspecified atom stereocenters. The number of ether oxygens (including phenoxy) is 16. The molecule has 0 spiro atoms. The maximum absolute atomic E-state index is 12.3. The second-order valence-corrected chi connectivity index (χ2v) is 27.6. The third kappa shape index (κ3) is 17.9. The number of aromatic hydroxyl groups is 2. The van der Waals surface area contributed by atoms with E-state index in [9.17, 15) is 147 Å². The van der Waals surface area contributed by atoms with Crippen molar-refractivity contribution < 1.29 is 223 Å². The van der Waals surface area contributed by atoms with Crippen LogP contribution >= 0.6 is 0 Å². The van der Waals surface area contributed by atoms with Gasteiger partial charge in [0.15, 0.2) is 61.9 Å². The highest BCUT2D eigenvalue weighted by Gasteiger charge is 2.61. The van der Waals surface area contributed by atoms with Crippen molar-refractivity contribution in [2.75, 3.05) is 52.9 Å². The molecule has 16 bridgehead atoms. The maximum atomic E-state index is 12.3. The highest BCUT2D eigenvalue weighted by Crippen LogP contribution is 2.41. The van der Waals surface area contributed by atoms with E-state index in [2.05, 4.69) is 0 Å². The normalized spacial score (nSPS) is 47.6. The van der Waals surface area contributed by atoms with E-state index in [0.717, 1.165) is 23.8 Å². The summed E-state index contributed by atoms with van der Waals surface area (Å²) in [5.41, 5.74) is 0.419. The summed E-state index contributed by atoms with van der Waals surface area (Å²) in [6, 6.07) is 2.29. The summed E-state index contributed by atoms with van der Waals surface area (Å²) in [5.74, 6) is -2.01. The molecule has 1 aromatic rings. The maximum Gasteiger partial charge on any atom is 0.196 e. The van der Waals surface area contributed by atoms with Crippen molar-refractivity contribution in [3.05, 3.63) is 46.6 Å². The van der Waals surface area contributed by atoms with Crippen LogP contribution in [0.1, 0.15) is 41.0 Å². The highest BCUT2D eigenvalue weighted by molar-refractivity contribution is 6.27. The van der Waals surface area contributed by atoms with Crippen LogP contribution in [0.25, 0.3) is 0 Å². The van der Waals surface area contributed by atoms with Crippen molar-refractivity contribution in [1.29, 1.82) is 0 Å². The highest BCUT2D eigenvalue weighted by atomic mass is 16.8. The Morgan fingerprint density at radius 2 is 0.495 bits per heavy atom. The summed E-state index contributed by atoms with van der Waals surface area (Å²) >= 11 is 0. The number of hydrogen-bond acceptors (Lipinski definition) is 45. The lowest BCUT2D eigenvalue weighted by molar-refractivity contribution is -0.404. The first kappa shape index (κ1) is 87.4. The number of aliphatic hydroxyl groups is 25. The van der Waals surface area contributed by atoms with Crippen molar-refractivity contribution in [3.8, 4) is 11.5 Å². The fourth-order valence-corrected chi connectivity index (χ4v) is 14.1. The van der Waals surface area contributed by atoms with Gasteiger partial charge < -0.3 is 214 Å². The summed E-state index contributed by atoms with van der Waals surface area (Å²) in [5, 5.41) is 294. The van der Waals surface area contributed by atoms with Gasteiger partial charge in [-0.1, -0.05) is 11.6 Å². The molecular formula is C64H96O45. The fraction of sp³-hybridized carbons (Fsp3) is 0.812. The lowest BCUT2D eigenvalue weighted by atomic mass is 9.85. The Bertz CT molecular complexity index is 2740. The number of rotatable bonds is 11. The van der Waals surface area contributed by atoms with E-state index in [1.165, 1.54) is 0 Å². The molecule has 1 aromatic carbocycles. The van der Waals surface area contributed by atoms with Crippen molar-refractivity contribution in [3.63, 3.8) is 0 Å². The lowest BCUT2D eigenvalue weighted by Crippen LogP contribution is -2.69. The van der Waals surface area contributed by atoms with Gasteiger partial charge in [0.05, 0.1) is 70.1 Å². The van der Waals surface area contributed by atoms with Gasteiger partial charge in [0.1, 0.15) is 207 Å². The average Bonchev–Trinajstić information content (AvgIpc) is 0.777. The van der Waals surface area contributed by atoms with Crippen LogP contribution in [0.5, 0.6) is 11.5 Å². The molecule has 45 heteroatoms. The van der Waals surface area contributed by atoms with Gasteiger partial charge in [0, 0.05) is 5.57 Å². The average molecular weight is 1590 g/mol. The SMILES string of the molecule is CC(C)=CC[C@H](O)C1=CC(=O)c2c(O)ccc(O)c2C1=O.OC[C@H]1O[C@@H]2O[C@H]3[C@H](O)[C@@H](O)[C@@H](O[C@H]4[C@H](O)[C@@H](O)[C@@H](O[C@H]5[C@H](O)[C@@H](O)[C@@H](O[C@H]6[C@H](O)[C@@H](O)[C@@H](O[C@H]7[C@H](O)[C@@H](O)[C@@H](O[C@H]8[C@H](O)[C@@H](O)[C@@H](O[C@H]9[C@H](O)[C@@H](O)[C@@H](O[C@H]1[C@H](O)[C@H]2O)O[C@@H]9CO)O[C@@H]8CO)O[C@@H]7CO)O[C@@H]6CO)O[C@@H]5CO)O[C@@H]4CO)O[C@@H]3CO. The monoisotopic (exact) mass is 1580 g/mol. The largest absolute Gasteiger partial charge is 0.507 e. The molecule has 30 fully saturated rings. The third-order valence-electron chi connectivity index (χ3n) is 20.2. The number of hydrogen-bond donors (Lipinski definition) is 27. The molecule has 0 amide bonds. The predicted molar refractivity (Wildman–Crippen MR) is 338 cm³/mol. The molecule has 0 aromatic heterocycles. The molecule has 41 atom stereocenters. The van der Waals surface area contributed by atoms with Crippen LogP contribution in [0.2, 0.25) is 0 Å². The smallest absolute Gasteiger partial charge is 0.196 e. The van der Waals surface area contributed by atoms with Gasteiger partial charge in [-0.25, -0.2) is 0 Å². The number of aliphatic hydroxyl groups excluding tert-OH is 25. The first-order chi connectivity index (χ1) is 51.7. The molecule has 0 radical (unpaired) electrons. The van der Waals surface area contributed by atoms with Gasteiger partial charge in [-0.3, -0.25) is 9.59 Å². The van der Waals surface area contributed by atoms with Gasteiger partial charge in [0.25, 0.3) is 0 Å². The molecule has 30 saturated heterocycles. The first-order valence-corrected chi connectivity index (χ1v) is 34.6. The molecule has 32 rings (SSSR count). The van der Waals surface area contributed by atoms with Crippen LogP contribution in [0.4, 0.5) is 0 Å². The minimum absolute atomic E-state index is 0.0779. The molecule has 27 N–H and O–H groups in total. The summed E-state index contributed by atoms with van der Waals surface area (Å²) in [6.45, 7) is -4.93. The molecular weight excluding hydrogens is 1490 g/mol. The Balaban J connectivity index is 0.000000517. The Hall–Kier alpha value is -4.00. The first-order valence-electron chi connectivity index (χ1n) is 34.6. The number of phenols is 2. The minimum atomic E-state index is -2.25. The number of benzene rings is 1. The number of fused-ring (bicyclic) bond motifs is 1. The van der Waals surface area contributed by atoms with E-state index in [-0.39, 0.29) is 34.6 Å². The summed E-state index contributed by atoms with van der Waals surface area (Å²) in [4.78, 5) is 24.4. The Labute approximate surface area is 616 Å². The zero-order valence-corrected chi connectivity index (χ0v) is 57.8. The van der Waals surface area contributed by atoms with E-state index in [1.54, 1.807) is 6.08 Å². The van der Waals surface area contributed by atoms with Crippen LogP contribution in [-0.2, 0) is 75.8 Å². The van der Waals surface area contributed by atoms with Crippen LogP contribution in [0.15, 0.2) is 35.4 Å². The number of ketones is 2. The van der Waals surface area contributed by atoms with Gasteiger partial charge in [0.2, 0.25) is 0 Å². The summed E-state index contributed by atoms with van der Waals surface area (Å²) in [6.07, 6.45) is -80.1. The standard InChI is InChI=1S/C48H80O40.C16H16O5/c49-1-9-33-17(57)25(65)41(73-9)82-34-10(2-50)75-43(27(67)19(34)59)84-36-12(4-52)77-45(29(69)21(36)61)86-38-14(6-54)79-47(31(71)23(38)63)88-40-16(8-56)80-48(32(72)24(40)64)87-39-15(7-55)78-46(30(70)22(39)62)85-37-13(5-53)76-44(28(68)20(37)60)83-35-11(3-51)74-42(81-33)26(66)18(35)58;1-8(2)3-4-10(17)9-7-13(20)14-11(18)5-6-12(19)15(14)16(9)21/h9-72H,1-8H2;3,5-7,10,17-19H,4H2,1-2H3/t9-,10-,11-,12-,13-,14-,15-,16-,17-,18-,19-,20-,21-,22-,23-,24-,25-,26-,27-,28-,29-,30-,31-,32-,33-,34-,35-,36-,37-,38-,39-,40-,41-,42-,43-,44-,45-,46-,47-,48-;10-/m10/s1. The van der Waals surface area contributed by atoms with E-state index >= 15 is 0 Å². The molecule has 30 heterocycles. The Kier molecular flexibility index (Phi) is 29.9. The molecule has 622 valence electrons. The van der Waals surface area contributed by atoms with Crippen molar-refractivity contribution in [2.45, 2.75) is 272 Å². The van der Waals surface area contributed by atoms with E-state index in [0.29, 0.717) is 0 Å². The molecule has 1 aliphatic carbocycles. The number of carbonyl (C=O) groups excluding carboxylic acids is 2. The molecule has 30 aliphatic heterocycles. The lowest BCUT2D eigenvalue weighted by Gasteiger charge is -2.50. The Morgan fingerprint density at radius 3 is 0.670 bits per heavy atom. The van der Waals surface area contributed by atoms with E-state index < -0.39 is 316 Å². The van der Waals surface area contributed by atoms with Crippen LogP contribution in [-0.4, -0.2) is 454 Å². The van der Waals surface area contributed by atoms with Crippen molar-refractivity contribution in [1.82, 2.24) is 0 Å². The fourth-order valence-electron chi connectivity index (χ4n) is 14.1. The second kappa shape index (κ2) is 37.3. The molecule has 0 saturated carbocycles. The van der Waals surface area contributed by atoms with Gasteiger partial charge >= 0.3 is 0 Å². The van der Waals surface area contributed by atoms with Crippen LogP contribution in [0, 0.1) is 0 Å². The quantitative estimate of drug-likeness (QED) is 0.0723. The third-order valence-corrected chi connectivity index (χ3v) is 20.2.